The van der Waals surface area contributed by atoms with Gasteiger partial charge in [-0.2, -0.15) is 0 Å². The molecule has 2 aliphatic heterocycles. The molecule has 0 radical (unpaired) electrons. The number of fused-ring (bicyclic) bond motifs is 2. The van der Waals surface area contributed by atoms with E-state index in [1.54, 1.807) is 11.1 Å². The van der Waals surface area contributed by atoms with Crippen LogP contribution in [0.4, 0.5) is 0 Å². The molecular weight excluding hydrogens is 232 g/mol. The SMILES string of the molecule is CCN1Cc2ccccc2C2(C[C@@H](C)CN2CC)C1. The van der Waals surface area contributed by atoms with Crippen molar-refractivity contribution in [2.24, 2.45) is 5.92 Å². The van der Waals surface area contributed by atoms with E-state index in [9.17, 15) is 0 Å². The first kappa shape index (κ1) is 13.1. The fourth-order valence-corrected chi connectivity index (χ4v) is 4.29. The van der Waals surface area contributed by atoms with Gasteiger partial charge >= 0.3 is 0 Å². The van der Waals surface area contributed by atoms with Crippen LogP contribution in [0.5, 0.6) is 0 Å². The predicted octanol–water partition coefficient (Wildman–Crippen LogP) is 3.08. The highest BCUT2D eigenvalue weighted by Gasteiger charge is 2.48. The third-order valence-electron chi connectivity index (χ3n) is 5.05. The average Bonchev–Trinajstić information content (AvgIpc) is 2.75. The van der Waals surface area contributed by atoms with Gasteiger partial charge in [-0.3, -0.25) is 9.80 Å². The van der Waals surface area contributed by atoms with E-state index in [-0.39, 0.29) is 5.54 Å². The summed E-state index contributed by atoms with van der Waals surface area (Å²) < 4.78 is 0. The van der Waals surface area contributed by atoms with Gasteiger partial charge in [0.25, 0.3) is 0 Å². The Morgan fingerprint density at radius 3 is 2.74 bits per heavy atom. The lowest BCUT2D eigenvalue weighted by Crippen LogP contribution is -2.53. The van der Waals surface area contributed by atoms with Crippen LogP contribution < -0.4 is 0 Å². The van der Waals surface area contributed by atoms with Crippen LogP contribution in [0, 0.1) is 5.92 Å². The zero-order chi connectivity index (χ0) is 13.5. The Bertz CT molecular complexity index is 456. The summed E-state index contributed by atoms with van der Waals surface area (Å²) in [5, 5.41) is 0. The molecule has 0 N–H and O–H groups in total. The molecule has 2 aliphatic rings. The van der Waals surface area contributed by atoms with E-state index < -0.39 is 0 Å². The van der Waals surface area contributed by atoms with Crippen molar-refractivity contribution in [2.45, 2.75) is 39.3 Å². The summed E-state index contributed by atoms with van der Waals surface area (Å²) in [6, 6.07) is 9.12. The number of likely N-dealkylation sites (N-methyl/N-ethyl adjacent to an activating group) is 2. The van der Waals surface area contributed by atoms with E-state index in [4.69, 9.17) is 0 Å². The number of likely N-dealkylation sites (tertiary alicyclic amines) is 1. The van der Waals surface area contributed by atoms with Crippen molar-refractivity contribution in [1.29, 1.82) is 0 Å². The molecule has 1 aromatic carbocycles. The Morgan fingerprint density at radius 2 is 2.00 bits per heavy atom. The molecule has 0 amide bonds. The van der Waals surface area contributed by atoms with Crippen molar-refractivity contribution >= 4 is 0 Å². The summed E-state index contributed by atoms with van der Waals surface area (Å²) in [6.07, 6.45) is 1.31. The standard InChI is InChI=1S/C17H26N2/c1-4-18-12-15-8-6-7-9-16(15)17(13-18)10-14(3)11-19(17)5-2/h6-9,14H,4-5,10-13H2,1-3H3/t14-,17?/m1/s1. The van der Waals surface area contributed by atoms with Crippen LogP contribution in [0.3, 0.4) is 0 Å². The summed E-state index contributed by atoms with van der Waals surface area (Å²) in [5.74, 6) is 0.810. The van der Waals surface area contributed by atoms with Gasteiger partial charge in [-0.15, -0.1) is 0 Å². The number of benzene rings is 1. The number of nitrogens with zero attached hydrogens (tertiary/aromatic N) is 2. The highest BCUT2D eigenvalue weighted by Crippen LogP contribution is 2.45. The van der Waals surface area contributed by atoms with Crippen LogP contribution in [0.2, 0.25) is 0 Å². The Balaban J connectivity index is 2.09. The van der Waals surface area contributed by atoms with Gasteiger partial charge in [0.1, 0.15) is 0 Å². The Labute approximate surface area is 117 Å². The molecule has 3 rings (SSSR count). The van der Waals surface area contributed by atoms with Crippen LogP contribution in [-0.4, -0.2) is 36.0 Å². The van der Waals surface area contributed by atoms with E-state index in [1.807, 2.05) is 0 Å². The molecule has 0 bridgehead atoms. The first-order valence-electron chi connectivity index (χ1n) is 7.75. The molecule has 1 fully saturated rings. The van der Waals surface area contributed by atoms with Gasteiger partial charge in [-0.25, -0.2) is 0 Å². The minimum Gasteiger partial charge on any atom is -0.297 e. The van der Waals surface area contributed by atoms with Crippen molar-refractivity contribution in [3.8, 4) is 0 Å². The van der Waals surface area contributed by atoms with E-state index in [1.165, 1.54) is 19.5 Å². The molecule has 2 heterocycles. The van der Waals surface area contributed by atoms with Gasteiger partial charge < -0.3 is 0 Å². The number of rotatable bonds is 2. The van der Waals surface area contributed by atoms with Gasteiger partial charge in [-0.1, -0.05) is 45.0 Å². The van der Waals surface area contributed by atoms with Crippen LogP contribution in [0.25, 0.3) is 0 Å². The monoisotopic (exact) mass is 258 g/mol. The average molecular weight is 258 g/mol. The fourth-order valence-electron chi connectivity index (χ4n) is 4.29. The number of hydrogen-bond acceptors (Lipinski definition) is 2. The Kier molecular flexibility index (Phi) is 3.40. The van der Waals surface area contributed by atoms with Crippen LogP contribution >= 0.6 is 0 Å². The third-order valence-corrected chi connectivity index (χ3v) is 5.05. The van der Waals surface area contributed by atoms with Gasteiger partial charge in [0.05, 0.1) is 5.54 Å². The molecule has 2 heteroatoms. The van der Waals surface area contributed by atoms with Gasteiger partial charge in [0, 0.05) is 19.6 Å². The second-order valence-electron chi connectivity index (χ2n) is 6.34. The summed E-state index contributed by atoms with van der Waals surface area (Å²) in [7, 11) is 0. The second kappa shape index (κ2) is 4.92. The van der Waals surface area contributed by atoms with Crippen LogP contribution in [0.1, 0.15) is 38.3 Å². The lowest BCUT2D eigenvalue weighted by Gasteiger charge is -2.47. The Morgan fingerprint density at radius 1 is 1.21 bits per heavy atom. The molecule has 1 spiro atoms. The molecule has 0 aliphatic carbocycles. The molecule has 2 nitrogen and oxygen atoms in total. The van der Waals surface area contributed by atoms with Crippen molar-refractivity contribution in [3.63, 3.8) is 0 Å². The molecule has 1 unspecified atom stereocenters. The normalized spacial score (nSPS) is 31.8. The zero-order valence-electron chi connectivity index (χ0n) is 12.5. The second-order valence-corrected chi connectivity index (χ2v) is 6.34. The highest BCUT2D eigenvalue weighted by atomic mass is 15.3. The topological polar surface area (TPSA) is 6.48 Å². The molecule has 1 aromatic rings. The smallest absolute Gasteiger partial charge is 0.0594 e. The summed E-state index contributed by atoms with van der Waals surface area (Å²) in [4.78, 5) is 5.33. The maximum absolute atomic E-state index is 2.72. The highest BCUT2D eigenvalue weighted by molar-refractivity contribution is 5.37. The largest absolute Gasteiger partial charge is 0.297 e. The van der Waals surface area contributed by atoms with Crippen molar-refractivity contribution in [2.75, 3.05) is 26.2 Å². The van der Waals surface area contributed by atoms with Crippen LogP contribution in [-0.2, 0) is 12.1 Å². The van der Waals surface area contributed by atoms with Crippen LogP contribution in [0.15, 0.2) is 24.3 Å². The maximum Gasteiger partial charge on any atom is 0.0594 e. The summed E-state index contributed by atoms with van der Waals surface area (Å²) in [6.45, 7) is 12.9. The zero-order valence-corrected chi connectivity index (χ0v) is 12.5. The van der Waals surface area contributed by atoms with Crippen molar-refractivity contribution in [1.82, 2.24) is 9.80 Å². The van der Waals surface area contributed by atoms with Gasteiger partial charge in [0.2, 0.25) is 0 Å². The van der Waals surface area contributed by atoms with E-state index in [0.29, 0.717) is 0 Å². The molecule has 0 aromatic heterocycles. The molecule has 19 heavy (non-hydrogen) atoms. The fraction of sp³-hybridized carbons (Fsp3) is 0.647. The lowest BCUT2D eigenvalue weighted by atomic mass is 9.79. The summed E-state index contributed by atoms with van der Waals surface area (Å²) >= 11 is 0. The molecule has 1 saturated heterocycles. The third kappa shape index (κ3) is 2.02. The quantitative estimate of drug-likeness (QED) is 0.804. The van der Waals surface area contributed by atoms with Crippen molar-refractivity contribution < 1.29 is 0 Å². The van der Waals surface area contributed by atoms with E-state index >= 15 is 0 Å². The molecule has 104 valence electrons. The molecule has 0 saturated carbocycles. The minimum atomic E-state index is 0.277. The Hall–Kier alpha value is -0.860. The maximum atomic E-state index is 2.72. The molecule has 2 atom stereocenters. The van der Waals surface area contributed by atoms with Crippen molar-refractivity contribution in [3.05, 3.63) is 35.4 Å². The van der Waals surface area contributed by atoms with Gasteiger partial charge in [0.15, 0.2) is 0 Å². The summed E-state index contributed by atoms with van der Waals surface area (Å²) in [5.41, 5.74) is 3.42. The van der Waals surface area contributed by atoms with E-state index in [2.05, 4.69) is 54.8 Å². The first-order chi connectivity index (χ1) is 9.19. The van der Waals surface area contributed by atoms with Gasteiger partial charge in [-0.05, 0) is 36.6 Å². The predicted molar refractivity (Wildman–Crippen MR) is 80.1 cm³/mol. The molecular formula is C17H26N2. The number of hydrogen-bond donors (Lipinski definition) is 0. The lowest BCUT2D eigenvalue weighted by molar-refractivity contribution is 0.0674. The van der Waals surface area contributed by atoms with E-state index in [0.717, 1.165) is 25.6 Å². The first-order valence-corrected chi connectivity index (χ1v) is 7.75. The minimum absolute atomic E-state index is 0.277.